The highest BCUT2D eigenvalue weighted by Gasteiger charge is 2.05. The van der Waals surface area contributed by atoms with Crippen LogP contribution in [0.4, 0.5) is 0 Å². The van der Waals surface area contributed by atoms with Gasteiger partial charge in [0.1, 0.15) is 5.75 Å². The van der Waals surface area contributed by atoms with Gasteiger partial charge in [-0.05, 0) is 56.3 Å². The summed E-state index contributed by atoms with van der Waals surface area (Å²) >= 11 is 5.93. The number of hydrogen-bond donors (Lipinski definition) is 1. The lowest BCUT2D eigenvalue weighted by Crippen LogP contribution is -2.06. The van der Waals surface area contributed by atoms with Crippen LogP contribution in [-0.2, 0) is 6.54 Å². The molecule has 0 unspecified atom stereocenters. The van der Waals surface area contributed by atoms with Crippen molar-refractivity contribution in [2.75, 3.05) is 7.05 Å². The maximum absolute atomic E-state index is 5.93. The molecule has 0 atom stereocenters. The number of pyridine rings is 1. The summed E-state index contributed by atoms with van der Waals surface area (Å²) in [7, 11) is 1.92. The van der Waals surface area contributed by atoms with Crippen LogP contribution < -0.4 is 10.1 Å². The Balaban J connectivity index is 2.27. The van der Waals surface area contributed by atoms with Gasteiger partial charge in [-0.25, -0.2) is 4.98 Å². The van der Waals surface area contributed by atoms with E-state index in [9.17, 15) is 0 Å². The number of ether oxygens (including phenoxy) is 1. The Morgan fingerprint density at radius 2 is 2.00 bits per heavy atom. The fourth-order valence-corrected chi connectivity index (χ4v) is 2.13. The van der Waals surface area contributed by atoms with Gasteiger partial charge in [-0.1, -0.05) is 11.6 Å². The molecule has 4 heteroatoms. The van der Waals surface area contributed by atoms with Crippen molar-refractivity contribution in [2.24, 2.45) is 0 Å². The van der Waals surface area contributed by atoms with Gasteiger partial charge in [-0.3, -0.25) is 0 Å². The van der Waals surface area contributed by atoms with Crippen molar-refractivity contribution in [1.82, 2.24) is 10.3 Å². The fraction of sp³-hybridized carbons (Fsp3) is 0.267. The molecule has 19 heavy (non-hydrogen) atoms. The summed E-state index contributed by atoms with van der Waals surface area (Å²) in [5.74, 6) is 1.38. The van der Waals surface area contributed by atoms with E-state index in [1.165, 1.54) is 0 Å². The zero-order valence-corrected chi connectivity index (χ0v) is 12.1. The van der Waals surface area contributed by atoms with Crippen molar-refractivity contribution in [2.45, 2.75) is 20.4 Å². The van der Waals surface area contributed by atoms with Crippen LogP contribution in [0.1, 0.15) is 16.8 Å². The van der Waals surface area contributed by atoms with Gasteiger partial charge in [-0.2, -0.15) is 0 Å². The van der Waals surface area contributed by atoms with E-state index in [0.29, 0.717) is 10.9 Å². The number of nitrogens with one attached hydrogen (secondary N) is 1. The summed E-state index contributed by atoms with van der Waals surface area (Å²) in [6.07, 6.45) is 0. The third-order valence-electron chi connectivity index (χ3n) is 2.72. The average molecular weight is 277 g/mol. The number of rotatable bonds is 4. The molecule has 0 aliphatic carbocycles. The van der Waals surface area contributed by atoms with E-state index >= 15 is 0 Å². The third-order valence-corrected chi connectivity index (χ3v) is 2.96. The second kappa shape index (κ2) is 6.04. The normalized spacial score (nSPS) is 10.5. The Bertz CT molecular complexity index is 584. The number of aromatic nitrogens is 1. The van der Waals surface area contributed by atoms with Gasteiger partial charge in [0, 0.05) is 23.3 Å². The molecule has 1 heterocycles. The van der Waals surface area contributed by atoms with E-state index in [0.717, 1.165) is 29.1 Å². The number of hydrogen-bond acceptors (Lipinski definition) is 3. The molecule has 2 rings (SSSR count). The molecule has 1 N–H and O–H groups in total. The van der Waals surface area contributed by atoms with E-state index in [1.807, 2.05) is 51.2 Å². The van der Waals surface area contributed by atoms with E-state index in [-0.39, 0.29) is 0 Å². The number of aryl methyl sites for hydroxylation is 2. The van der Waals surface area contributed by atoms with Gasteiger partial charge >= 0.3 is 0 Å². The maximum atomic E-state index is 5.93. The van der Waals surface area contributed by atoms with Crippen LogP contribution in [0.25, 0.3) is 0 Å². The van der Waals surface area contributed by atoms with Crippen LogP contribution in [0.5, 0.6) is 11.6 Å². The first-order chi connectivity index (χ1) is 9.08. The lowest BCUT2D eigenvalue weighted by Gasteiger charge is -2.10. The van der Waals surface area contributed by atoms with Gasteiger partial charge in [0.05, 0.1) is 0 Å². The van der Waals surface area contributed by atoms with Gasteiger partial charge in [0.2, 0.25) is 5.88 Å². The second-order valence-corrected chi connectivity index (χ2v) is 4.93. The molecule has 0 spiro atoms. The minimum atomic E-state index is 0.607. The molecule has 0 amide bonds. The fourth-order valence-electron chi connectivity index (χ4n) is 1.91. The molecule has 1 aromatic heterocycles. The second-order valence-electron chi connectivity index (χ2n) is 4.50. The standard InChI is InChI=1S/C15H17ClN2O/c1-10-6-13(16)4-5-14(10)19-15-8-12(9-17-3)7-11(2)18-15/h4-8,17H,9H2,1-3H3. The predicted molar refractivity (Wildman–Crippen MR) is 78.0 cm³/mol. The zero-order chi connectivity index (χ0) is 13.8. The molecule has 100 valence electrons. The lowest BCUT2D eigenvalue weighted by molar-refractivity contribution is 0.457. The van der Waals surface area contributed by atoms with Gasteiger partial charge in [-0.15, -0.1) is 0 Å². The summed E-state index contributed by atoms with van der Waals surface area (Å²) in [4.78, 5) is 4.39. The Kier molecular flexibility index (Phi) is 4.40. The molecule has 0 fully saturated rings. The minimum Gasteiger partial charge on any atom is -0.439 e. The third kappa shape index (κ3) is 3.69. The van der Waals surface area contributed by atoms with Crippen molar-refractivity contribution in [3.63, 3.8) is 0 Å². The first kappa shape index (κ1) is 13.8. The molecule has 0 bridgehead atoms. The molecular weight excluding hydrogens is 260 g/mol. The minimum absolute atomic E-state index is 0.607. The van der Waals surface area contributed by atoms with Crippen LogP contribution in [-0.4, -0.2) is 12.0 Å². The van der Waals surface area contributed by atoms with E-state index in [2.05, 4.69) is 10.3 Å². The highest BCUT2D eigenvalue weighted by molar-refractivity contribution is 6.30. The summed E-state index contributed by atoms with van der Waals surface area (Å²) < 4.78 is 5.83. The van der Waals surface area contributed by atoms with Crippen molar-refractivity contribution < 1.29 is 4.74 Å². The van der Waals surface area contributed by atoms with Gasteiger partial charge < -0.3 is 10.1 Å². The van der Waals surface area contributed by atoms with Crippen molar-refractivity contribution in [1.29, 1.82) is 0 Å². The molecule has 2 aromatic rings. The summed E-state index contributed by atoms with van der Waals surface area (Å²) in [6, 6.07) is 9.53. The summed E-state index contributed by atoms with van der Waals surface area (Å²) in [5.41, 5.74) is 3.08. The monoisotopic (exact) mass is 276 g/mol. The molecule has 0 saturated carbocycles. The van der Waals surface area contributed by atoms with Crippen LogP contribution in [0, 0.1) is 13.8 Å². The molecule has 3 nitrogen and oxygen atoms in total. The van der Waals surface area contributed by atoms with E-state index in [4.69, 9.17) is 16.3 Å². The quantitative estimate of drug-likeness (QED) is 0.921. The van der Waals surface area contributed by atoms with Crippen LogP contribution in [0.3, 0.4) is 0 Å². The van der Waals surface area contributed by atoms with Crippen molar-refractivity contribution in [3.8, 4) is 11.6 Å². The van der Waals surface area contributed by atoms with Crippen molar-refractivity contribution in [3.05, 3.63) is 52.2 Å². The zero-order valence-electron chi connectivity index (χ0n) is 11.3. The van der Waals surface area contributed by atoms with Crippen LogP contribution in [0.2, 0.25) is 5.02 Å². The smallest absolute Gasteiger partial charge is 0.219 e. The maximum Gasteiger partial charge on any atom is 0.219 e. The largest absolute Gasteiger partial charge is 0.439 e. The Morgan fingerprint density at radius 1 is 1.21 bits per heavy atom. The Morgan fingerprint density at radius 3 is 2.68 bits per heavy atom. The molecule has 0 aliphatic rings. The SMILES string of the molecule is CNCc1cc(C)nc(Oc2ccc(Cl)cc2C)c1. The number of benzene rings is 1. The Labute approximate surface area is 118 Å². The highest BCUT2D eigenvalue weighted by Crippen LogP contribution is 2.26. The molecule has 0 aliphatic heterocycles. The first-order valence-electron chi connectivity index (χ1n) is 6.14. The van der Waals surface area contributed by atoms with Gasteiger partial charge in [0.15, 0.2) is 0 Å². The first-order valence-corrected chi connectivity index (χ1v) is 6.52. The Hall–Kier alpha value is -1.58. The molecule has 1 aromatic carbocycles. The summed E-state index contributed by atoms with van der Waals surface area (Å²) in [6.45, 7) is 4.71. The van der Waals surface area contributed by atoms with E-state index in [1.54, 1.807) is 0 Å². The molecule has 0 saturated heterocycles. The van der Waals surface area contributed by atoms with Crippen LogP contribution in [0.15, 0.2) is 30.3 Å². The lowest BCUT2D eigenvalue weighted by atomic mass is 10.2. The number of nitrogens with zero attached hydrogens (tertiary/aromatic N) is 1. The molecule has 0 radical (unpaired) electrons. The highest BCUT2D eigenvalue weighted by atomic mass is 35.5. The average Bonchev–Trinajstić information content (AvgIpc) is 2.32. The number of halogens is 1. The molecular formula is C15H17ClN2O. The van der Waals surface area contributed by atoms with E-state index < -0.39 is 0 Å². The van der Waals surface area contributed by atoms with Crippen molar-refractivity contribution >= 4 is 11.6 Å². The predicted octanol–water partition coefficient (Wildman–Crippen LogP) is 3.86. The van der Waals surface area contributed by atoms with Gasteiger partial charge in [0.25, 0.3) is 0 Å². The summed E-state index contributed by atoms with van der Waals surface area (Å²) in [5, 5.41) is 3.83. The van der Waals surface area contributed by atoms with Crippen LogP contribution >= 0.6 is 11.6 Å². The topological polar surface area (TPSA) is 34.2 Å².